The van der Waals surface area contributed by atoms with Crippen LogP contribution in [0, 0.1) is 6.92 Å². The van der Waals surface area contributed by atoms with Crippen LogP contribution in [0.5, 0.6) is 0 Å². The zero-order valence-electron chi connectivity index (χ0n) is 15.6. The highest BCUT2D eigenvalue weighted by Crippen LogP contribution is 2.16. The summed E-state index contributed by atoms with van der Waals surface area (Å²) in [6, 6.07) is 12.7. The van der Waals surface area contributed by atoms with Crippen molar-refractivity contribution in [3.8, 4) is 0 Å². The van der Waals surface area contributed by atoms with E-state index < -0.39 is 28.0 Å². The second-order valence-electron chi connectivity index (χ2n) is 6.22. The summed E-state index contributed by atoms with van der Waals surface area (Å²) in [6.07, 6.45) is -1.05. The predicted molar refractivity (Wildman–Crippen MR) is 102 cm³/mol. The molecule has 0 bridgehead atoms. The lowest BCUT2D eigenvalue weighted by Gasteiger charge is -2.15. The molecule has 0 aromatic heterocycles. The Balaban J connectivity index is 2.08. The first-order valence-corrected chi connectivity index (χ1v) is 9.66. The Morgan fingerprint density at radius 1 is 1.07 bits per heavy atom. The van der Waals surface area contributed by atoms with E-state index in [2.05, 4.69) is 5.32 Å². The molecule has 0 fully saturated rings. The quantitative estimate of drug-likeness (QED) is 0.765. The zero-order valence-corrected chi connectivity index (χ0v) is 16.4. The van der Waals surface area contributed by atoms with Gasteiger partial charge in [0.05, 0.1) is 10.5 Å². The van der Waals surface area contributed by atoms with Crippen molar-refractivity contribution in [2.45, 2.75) is 24.8 Å². The van der Waals surface area contributed by atoms with Gasteiger partial charge in [-0.25, -0.2) is 17.5 Å². The number of nitrogens with one attached hydrogen (secondary N) is 1. The van der Waals surface area contributed by atoms with Crippen LogP contribution in [0.1, 0.15) is 22.8 Å². The number of nitrogens with zero attached hydrogens (tertiary/aromatic N) is 1. The highest BCUT2D eigenvalue weighted by molar-refractivity contribution is 7.89. The van der Waals surface area contributed by atoms with Gasteiger partial charge >= 0.3 is 5.97 Å². The smallest absolute Gasteiger partial charge is 0.338 e. The van der Waals surface area contributed by atoms with Gasteiger partial charge in [0.25, 0.3) is 5.91 Å². The Kier molecular flexibility index (Phi) is 6.35. The molecule has 1 unspecified atom stereocenters. The number of hydrogen-bond donors (Lipinski definition) is 1. The van der Waals surface area contributed by atoms with Crippen LogP contribution in [0.25, 0.3) is 0 Å². The summed E-state index contributed by atoms with van der Waals surface area (Å²) in [7, 11) is -0.874. The van der Waals surface area contributed by atoms with Crippen LogP contribution >= 0.6 is 0 Å². The number of hydrogen-bond acceptors (Lipinski definition) is 5. The lowest BCUT2D eigenvalue weighted by Crippen LogP contribution is -2.30. The molecule has 2 rings (SSSR count). The summed E-state index contributed by atoms with van der Waals surface area (Å²) >= 11 is 0. The lowest BCUT2D eigenvalue weighted by molar-refractivity contribution is -0.123. The summed E-state index contributed by atoms with van der Waals surface area (Å²) in [5.74, 6) is -1.26. The van der Waals surface area contributed by atoms with Crippen molar-refractivity contribution in [2.24, 2.45) is 0 Å². The van der Waals surface area contributed by atoms with Gasteiger partial charge in [0.2, 0.25) is 10.0 Å². The monoisotopic (exact) mass is 390 g/mol. The first-order valence-electron chi connectivity index (χ1n) is 8.22. The third-order valence-electron chi connectivity index (χ3n) is 3.82. The molecule has 1 amide bonds. The molecular formula is C19H22N2O5S. The number of benzene rings is 2. The Bertz CT molecular complexity index is 937. The van der Waals surface area contributed by atoms with E-state index in [1.165, 1.54) is 45.3 Å². The molecule has 7 nitrogen and oxygen atoms in total. The fourth-order valence-corrected chi connectivity index (χ4v) is 3.11. The van der Waals surface area contributed by atoms with Crippen molar-refractivity contribution in [3.63, 3.8) is 0 Å². The van der Waals surface area contributed by atoms with E-state index in [1.54, 1.807) is 12.1 Å². The number of aryl methyl sites for hydroxylation is 1. The molecule has 0 aliphatic rings. The number of esters is 1. The Morgan fingerprint density at radius 3 is 2.30 bits per heavy atom. The molecule has 1 atom stereocenters. The SMILES string of the molecule is Cc1ccc(NC(=O)C(C)OC(=O)c2cccc(S(=O)(=O)N(C)C)c2)cc1. The van der Waals surface area contributed by atoms with Crippen molar-refractivity contribution in [3.05, 3.63) is 59.7 Å². The summed E-state index contributed by atoms with van der Waals surface area (Å²) < 4.78 is 30.6. The van der Waals surface area contributed by atoms with Gasteiger partial charge in [-0.2, -0.15) is 0 Å². The first-order chi connectivity index (χ1) is 12.6. The van der Waals surface area contributed by atoms with E-state index in [0.29, 0.717) is 5.69 Å². The maximum absolute atomic E-state index is 12.3. The van der Waals surface area contributed by atoms with E-state index in [4.69, 9.17) is 4.74 Å². The van der Waals surface area contributed by atoms with Gasteiger partial charge in [-0.05, 0) is 44.2 Å². The summed E-state index contributed by atoms with van der Waals surface area (Å²) in [5.41, 5.74) is 1.69. The van der Waals surface area contributed by atoms with Crippen LogP contribution in [-0.4, -0.2) is 44.8 Å². The van der Waals surface area contributed by atoms with Crippen LogP contribution in [0.3, 0.4) is 0 Å². The number of anilines is 1. The van der Waals surface area contributed by atoms with Crippen molar-refractivity contribution >= 4 is 27.6 Å². The molecule has 0 aliphatic heterocycles. The predicted octanol–water partition coefficient (Wildman–Crippen LogP) is 2.43. The van der Waals surface area contributed by atoms with Gasteiger partial charge in [0.15, 0.2) is 6.10 Å². The number of sulfonamides is 1. The molecule has 144 valence electrons. The second kappa shape index (κ2) is 8.32. The molecule has 2 aromatic rings. The van der Waals surface area contributed by atoms with Crippen molar-refractivity contribution < 1.29 is 22.7 Å². The molecule has 0 aliphatic carbocycles. The molecule has 27 heavy (non-hydrogen) atoms. The van der Waals surface area contributed by atoms with Gasteiger partial charge in [0, 0.05) is 19.8 Å². The van der Waals surface area contributed by atoms with Crippen molar-refractivity contribution in [1.82, 2.24) is 4.31 Å². The summed E-state index contributed by atoms with van der Waals surface area (Å²) in [4.78, 5) is 24.5. The van der Waals surface area contributed by atoms with Gasteiger partial charge in [-0.3, -0.25) is 4.79 Å². The van der Waals surface area contributed by atoms with E-state index in [1.807, 2.05) is 19.1 Å². The van der Waals surface area contributed by atoms with E-state index in [0.717, 1.165) is 9.87 Å². The number of amides is 1. The maximum atomic E-state index is 12.3. The summed E-state index contributed by atoms with van der Waals surface area (Å²) in [5, 5.41) is 2.66. The van der Waals surface area contributed by atoms with Gasteiger partial charge < -0.3 is 10.1 Å². The van der Waals surface area contributed by atoms with Crippen molar-refractivity contribution in [2.75, 3.05) is 19.4 Å². The highest BCUT2D eigenvalue weighted by Gasteiger charge is 2.22. The number of carbonyl (C=O) groups excluding carboxylic acids is 2. The summed E-state index contributed by atoms with van der Waals surface area (Å²) in [6.45, 7) is 3.38. The number of rotatable bonds is 6. The van der Waals surface area contributed by atoms with Crippen LogP contribution in [0.2, 0.25) is 0 Å². The molecule has 2 aromatic carbocycles. The minimum absolute atomic E-state index is 0.0290. The zero-order chi connectivity index (χ0) is 20.2. The van der Waals surface area contributed by atoms with Crippen LogP contribution in [0.15, 0.2) is 53.4 Å². The fourth-order valence-electron chi connectivity index (χ4n) is 2.16. The molecule has 0 heterocycles. The third kappa shape index (κ3) is 5.15. The molecule has 1 N–H and O–H groups in total. The largest absolute Gasteiger partial charge is 0.449 e. The average Bonchev–Trinajstić information content (AvgIpc) is 2.63. The van der Waals surface area contributed by atoms with Crippen molar-refractivity contribution in [1.29, 1.82) is 0 Å². The number of carbonyl (C=O) groups is 2. The normalized spacial score (nSPS) is 12.5. The molecule has 8 heteroatoms. The lowest BCUT2D eigenvalue weighted by atomic mass is 10.2. The maximum Gasteiger partial charge on any atom is 0.338 e. The molecule has 0 saturated heterocycles. The van der Waals surface area contributed by atoms with E-state index in [-0.39, 0.29) is 10.5 Å². The molecular weight excluding hydrogens is 368 g/mol. The third-order valence-corrected chi connectivity index (χ3v) is 5.63. The first kappa shape index (κ1) is 20.6. The van der Waals surface area contributed by atoms with Gasteiger partial charge in [-0.1, -0.05) is 23.8 Å². The van der Waals surface area contributed by atoms with Crippen LogP contribution < -0.4 is 5.32 Å². The minimum atomic E-state index is -3.68. The molecule has 0 radical (unpaired) electrons. The topological polar surface area (TPSA) is 92.8 Å². The van der Waals surface area contributed by atoms with Crippen LogP contribution in [0.4, 0.5) is 5.69 Å². The highest BCUT2D eigenvalue weighted by atomic mass is 32.2. The Hall–Kier alpha value is -2.71. The average molecular weight is 390 g/mol. The fraction of sp³-hybridized carbons (Fsp3) is 0.263. The second-order valence-corrected chi connectivity index (χ2v) is 8.37. The van der Waals surface area contributed by atoms with Crippen LogP contribution in [-0.2, 0) is 19.6 Å². The Labute approximate surface area is 159 Å². The Morgan fingerprint density at radius 2 is 1.70 bits per heavy atom. The molecule has 0 saturated carbocycles. The van der Waals surface area contributed by atoms with Gasteiger partial charge in [-0.15, -0.1) is 0 Å². The minimum Gasteiger partial charge on any atom is -0.449 e. The number of ether oxygens (including phenoxy) is 1. The van der Waals surface area contributed by atoms with E-state index in [9.17, 15) is 18.0 Å². The van der Waals surface area contributed by atoms with Gasteiger partial charge in [0.1, 0.15) is 0 Å². The standard InChI is InChI=1S/C19H22N2O5S/c1-13-8-10-16(11-9-13)20-18(22)14(2)26-19(23)15-6-5-7-17(12-15)27(24,25)21(3)4/h5-12,14H,1-4H3,(H,20,22). The molecule has 0 spiro atoms. The van der Waals surface area contributed by atoms with E-state index >= 15 is 0 Å².